The molecule has 2 aromatic heterocycles. The van der Waals surface area contributed by atoms with E-state index in [1.165, 1.54) is 18.5 Å². The number of carbonyl (C=O) groups is 1. The van der Waals surface area contributed by atoms with Crippen molar-refractivity contribution in [1.29, 1.82) is 0 Å². The van der Waals surface area contributed by atoms with E-state index in [1.54, 1.807) is 16.5 Å². The highest BCUT2D eigenvalue weighted by molar-refractivity contribution is 5.86. The van der Waals surface area contributed by atoms with E-state index in [2.05, 4.69) is 15.3 Å². The van der Waals surface area contributed by atoms with E-state index >= 15 is 0 Å². The molecular weight excluding hydrogens is 353 g/mol. The van der Waals surface area contributed by atoms with Crippen LogP contribution in [0.25, 0.3) is 16.4 Å². The number of amides is 1. The molecule has 142 valence electrons. The molecule has 1 fully saturated rings. The van der Waals surface area contributed by atoms with E-state index in [-0.39, 0.29) is 18.3 Å². The third-order valence-electron chi connectivity index (χ3n) is 4.71. The van der Waals surface area contributed by atoms with Gasteiger partial charge in [0.05, 0.1) is 18.7 Å². The van der Waals surface area contributed by atoms with Gasteiger partial charge in [0.15, 0.2) is 0 Å². The van der Waals surface area contributed by atoms with E-state index in [9.17, 15) is 14.0 Å². The first kappa shape index (κ1) is 17.6. The molecule has 0 radical (unpaired) electrons. The number of hydrogen-bond acceptors (Lipinski definition) is 5. The monoisotopic (exact) mass is 373 g/mol. The summed E-state index contributed by atoms with van der Waals surface area (Å²) >= 11 is 0. The number of nitrogens with one attached hydrogen (secondary N) is 1. The Morgan fingerprint density at radius 1 is 1.22 bits per heavy atom. The van der Waals surface area contributed by atoms with Gasteiger partial charge in [-0.25, -0.2) is 9.07 Å². The zero-order chi connectivity index (χ0) is 18.8. The standard InChI is InChI=1S/C18H20FN5O3/c19-14-1-2-15-13(9-14)10-16-18(26)24(21-12-23(15)16)11-17(25)20-3-4-22-5-7-27-8-6-22/h1-2,9-10,12H,3-8,11H2,(H,20,25). The van der Waals surface area contributed by atoms with Gasteiger partial charge in [-0.2, -0.15) is 5.10 Å². The molecule has 0 saturated carbocycles. The summed E-state index contributed by atoms with van der Waals surface area (Å²) in [5, 5.41) is 7.50. The lowest BCUT2D eigenvalue weighted by molar-refractivity contribution is -0.122. The Labute approximate surface area is 154 Å². The molecule has 27 heavy (non-hydrogen) atoms. The number of benzene rings is 1. The molecule has 3 heterocycles. The second-order valence-electron chi connectivity index (χ2n) is 6.50. The second-order valence-corrected chi connectivity index (χ2v) is 6.50. The topological polar surface area (TPSA) is 80.9 Å². The highest BCUT2D eigenvalue weighted by Crippen LogP contribution is 2.18. The summed E-state index contributed by atoms with van der Waals surface area (Å²) in [6, 6.07) is 5.91. The van der Waals surface area contributed by atoms with Crippen LogP contribution in [0.15, 0.2) is 35.4 Å². The molecule has 0 atom stereocenters. The predicted molar refractivity (Wildman–Crippen MR) is 97.2 cm³/mol. The zero-order valence-electron chi connectivity index (χ0n) is 14.7. The maximum Gasteiger partial charge on any atom is 0.291 e. The lowest BCUT2D eigenvalue weighted by Gasteiger charge is -2.26. The molecule has 1 aromatic carbocycles. The molecule has 1 aliphatic heterocycles. The molecule has 0 aliphatic carbocycles. The fourth-order valence-corrected chi connectivity index (χ4v) is 3.28. The van der Waals surface area contributed by atoms with Crippen LogP contribution in [0.2, 0.25) is 0 Å². The molecule has 1 saturated heterocycles. The van der Waals surface area contributed by atoms with Crippen molar-refractivity contribution in [2.24, 2.45) is 0 Å². The first-order chi connectivity index (χ1) is 13.1. The van der Waals surface area contributed by atoms with Gasteiger partial charge in [0.2, 0.25) is 5.91 Å². The average molecular weight is 373 g/mol. The summed E-state index contributed by atoms with van der Waals surface area (Å²) in [5.41, 5.74) is 0.655. The van der Waals surface area contributed by atoms with Gasteiger partial charge in [-0.3, -0.25) is 18.9 Å². The van der Waals surface area contributed by atoms with Crippen molar-refractivity contribution in [3.8, 4) is 0 Å². The van der Waals surface area contributed by atoms with Crippen LogP contribution < -0.4 is 10.9 Å². The van der Waals surface area contributed by atoms with Crippen molar-refractivity contribution >= 4 is 22.3 Å². The Morgan fingerprint density at radius 2 is 2.04 bits per heavy atom. The minimum Gasteiger partial charge on any atom is -0.379 e. The van der Waals surface area contributed by atoms with Gasteiger partial charge in [0, 0.05) is 31.6 Å². The highest BCUT2D eigenvalue weighted by Gasteiger charge is 2.13. The molecule has 4 rings (SSSR count). The fourth-order valence-electron chi connectivity index (χ4n) is 3.28. The van der Waals surface area contributed by atoms with Gasteiger partial charge in [-0.05, 0) is 24.3 Å². The number of nitrogens with zero attached hydrogens (tertiary/aromatic N) is 4. The minimum absolute atomic E-state index is 0.158. The van der Waals surface area contributed by atoms with Crippen molar-refractivity contribution in [2.45, 2.75) is 6.54 Å². The Bertz CT molecular complexity index is 1040. The number of morpholine rings is 1. The number of carbonyl (C=O) groups excluding carboxylic acids is 1. The summed E-state index contributed by atoms with van der Waals surface area (Å²) in [6.07, 6.45) is 1.47. The number of hydrogen-bond donors (Lipinski definition) is 1. The third kappa shape index (κ3) is 3.69. The molecular formula is C18H20FN5O3. The van der Waals surface area contributed by atoms with Gasteiger partial charge in [-0.15, -0.1) is 0 Å². The van der Waals surface area contributed by atoms with Crippen LogP contribution in [0.5, 0.6) is 0 Å². The van der Waals surface area contributed by atoms with E-state index in [1.807, 2.05) is 0 Å². The van der Waals surface area contributed by atoms with Crippen molar-refractivity contribution in [2.75, 3.05) is 39.4 Å². The fraction of sp³-hybridized carbons (Fsp3) is 0.389. The van der Waals surface area contributed by atoms with Crippen molar-refractivity contribution < 1.29 is 13.9 Å². The van der Waals surface area contributed by atoms with E-state index in [0.29, 0.717) is 36.2 Å². The average Bonchev–Trinajstić information content (AvgIpc) is 3.03. The highest BCUT2D eigenvalue weighted by atomic mass is 19.1. The van der Waals surface area contributed by atoms with Crippen LogP contribution in [0, 0.1) is 5.82 Å². The van der Waals surface area contributed by atoms with Crippen LogP contribution in [0.3, 0.4) is 0 Å². The quantitative estimate of drug-likeness (QED) is 0.693. The molecule has 0 spiro atoms. The summed E-state index contributed by atoms with van der Waals surface area (Å²) in [7, 11) is 0. The number of rotatable bonds is 5. The Kier molecular flexibility index (Phi) is 4.87. The van der Waals surface area contributed by atoms with E-state index in [0.717, 1.165) is 24.3 Å². The largest absolute Gasteiger partial charge is 0.379 e. The van der Waals surface area contributed by atoms with E-state index < -0.39 is 5.56 Å². The second kappa shape index (κ2) is 7.45. The first-order valence-electron chi connectivity index (χ1n) is 8.85. The summed E-state index contributed by atoms with van der Waals surface area (Å²) in [4.78, 5) is 27.0. The molecule has 1 amide bonds. The third-order valence-corrected chi connectivity index (χ3v) is 4.71. The zero-order valence-corrected chi connectivity index (χ0v) is 14.7. The van der Waals surface area contributed by atoms with Gasteiger partial charge in [-0.1, -0.05) is 0 Å². The molecule has 0 bridgehead atoms. The Morgan fingerprint density at radius 3 is 2.85 bits per heavy atom. The number of ether oxygens (including phenoxy) is 1. The van der Waals surface area contributed by atoms with Gasteiger partial charge in [0.25, 0.3) is 5.56 Å². The van der Waals surface area contributed by atoms with E-state index in [4.69, 9.17) is 4.74 Å². The molecule has 1 N–H and O–H groups in total. The maximum absolute atomic E-state index is 13.4. The van der Waals surface area contributed by atoms with Crippen molar-refractivity contribution in [3.05, 3.63) is 46.8 Å². The lowest BCUT2D eigenvalue weighted by atomic mass is 10.2. The summed E-state index contributed by atoms with van der Waals surface area (Å²) < 4.78 is 21.4. The van der Waals surface area contributed by atoms with Gasteiger partial charge >= 0.3 is 0 Å². The van der Waals surface area contributed by atoms with Crippen LogP contribution in [0.1, 0.15) is 0 Å². The molecule has 3 aromatic rings. The maximum atomic E-state index is 13.4. The SMILES string of the molecule is O=C(Cn1ncn2c(cc3cc(F)ccc32)c1=O)NCCN1CCOCC1. The van der Waals surface area contributed by atoms with Crippen molar-refractivity contribution in [3.63, 3.8) is 0 Å². The molecule has 1 aliphatic rings. The molecule has 0 unspecified atom stereocenters. The molecule has 9 heteroatoms. The summed E-state index contributed by atoms with van der Waals surface area (Å²) in [5.74, 6) is -0.643. The molecule has 8 nitrogen and oxygen atoms in total. The van der Waals surface area contributed by atoms with Gasteiger partial charge < -0.3 is 10.1 Å². The Balaban J connectivity index is 1.45. The number of halogens is 1. The summed E-state index contributed by atoms with van der Waals surface area (Å²) in [6.45, 7) is 4.22. The lowest BCUT2D eigenvalue weighted by Crippen LogP contribution is -2.42. The van der Waals surface area contributed by atoms with Gasteiger partial charge in [0.1, 0.15) is 24.2 Å². The van der Waals surface area contributed by atoms with Crippen molar-refractivity contribution in [1.82, 2.24) is 24.4 Å². The minimum atomic E-state index is -0.391. The number of fused-ring (bicyclic) bond motifs is 3. The van der Waals surface area contributed by atoms with Crippen LogP contribution in [0.4, 0.5) is 4.39 Å². The first-order valence-corrected chi connectivity index (χ1v) is 8.85. The number of aromatic nitrogens is 3. The van der Waals surface area contributed by atoms with Crippen LogP contribution in [-0.2, 0) is 16.1 Å². The van der Waals surface area contributed by atoms with Crippen LogP contribution in [-0.4, -0.2) is 64.4 Å². The normalized spacial score (nSPS) is 15.4. The predicted octanol–water partition coefficient (Wildman–Crippen LogP) is 0.237. The van der Waals surface area contributed by atoms with Crippen LogP contribution >= 0.6 is 0 Å². The smallest absolute Gasteiger partial charge is 0.291 e. The Hall–Kier alpha value is -2.78.